The van der Waals surface area contributed by atoms with Crippen molar-refractivity contribution in [2.24, 2.45) is 0 Å². The van der Waals surface area contributed by atoms with E-state index in [-0.39, 0.29) is 12.3 Å². The highest BCUT2D eigenvalue weighted by atomic mass is 16.5. The van der Waals surface area contributed by atoms with E-state index in [0.717, 1.165) is 5.56 Å². The van der Waals surface area contributed by atoms with Crippen LogP contribution in [0.1, 0.15) is 28.5 Å². The number of esters is 1. The Bertz CT molecular complexity index is 632. The summed E-state index contributed by atoms with van der Waals surface area (Å²) in [5.74, 6) is -0.614. The van der Waals surface area contributed by atoms with Gasteiger partial charge in [-0.05, 0) is 19.4 Å². The van der Waals surface area contributed by atoms with Crippen LogP contribution in [0.5, 0.6) is 0 Å². The Kier molecular flexibility index (Phi) is 4.77. The van der Waals surface area contributed by atoms with Crippen molar-refractivity contribution in [1.82, 2.24) is 4.98 Å². The summed E-state index contributed by atoms with van der Waals surface area (Å²) in [7, 11) is 0. The molecule has 5 heteroatoms. The second-order valence-corrected chi connectivity index (χ2v) is 4.63. The standard InChI is InChI=1S/C16H18N2O3/c1-3-21-16(20)15-11(2)17-10-13(15)18-14(19)9-12-7-5-4-6-8-12/h4-8,10,17H,3,9H2,1-2H3,(H,18,19). The number of hydrogen-bond donors (Lipinski definition) is 2. The summed E-state index contributed by atoms with van der Waals surface area (Å²) in [6.45, 7) is 3.80. The Labute approximate surface area is 123 Å². The Hall–Kier alpha value is -2.56. The zero-order valence-corrected chi connectivity index (χ0v) is 12.1. The minimum absolute atomic E-state index is 0.175. The molecule has 0 atom stereocenters. The summed E-state index contributed by atoms with van der Waals surface area (Å²) in [6, 6.07) is 9.43. The van der Waals surface area contributed by atoms with Crippen molar-refractivity contribution in [3.05, 3.63) is 53.3 Å². The van der Waals surface area contributed by atoms with Crippen molar-refractivity contribution in [1.29, 1.82) is 0 Å². The zero-order valence-electron chi connectivity index (χ0n) is 12.1. The SMILES string of the molecule is CCOC(=O)c1c(NC(=O)Cc2ccccc2)c[nH]c1C. The molecule has 0 aliphatic carbocycles. The highest BCUT2D eigenvalue weighted by Gasteiger charge is 2.19. The summed E-state index contributed by atoms with van der Waals surface area (Å²) in [5, 5.41) is 2.75. The molecule has 0 aliphatic rings. The van der Waals surface area contributed by atoms with E-state index < -0.39 is 5.97 Å². The first-order chi connectivity index (χ1) is 10.1. The number of H-pyrrole nitrogens is 1. The number of aromatic nitrogens is 1. The number of hydrogen-bond acceptors (Lipinski definition) is 3. The van der Waals surface area contributed by atoms with Gasteiger partial charge in [0.25, 0.3) is 0 Å². The van der Waals surface area contributed by atoms with Crippen molar-refractivity contribution in [3.8, 4) is 0 Å². The van der Waals surface area contributed by atoms with Gasteiger partial charge >= 0.3 is 5.97 Å². The van der Waals surface area contributed by atoms with Crippen molar-refractivity contribution in [3.63, 3.8) is 0 Å². The largest absolute Gasteiger partial charge is 0.462 e. The van der Waals surface area contributed by atoms with Gasteiger partial charge in [0.05, 0.1) is 18.7 Å². The molecule has 0 saturated heterocycles. The zero-order chi connectivity index (χ0) is 15.2. The van der Waals surface area contributed by atoms with E-state index in [1.54, 1.807) is 20.0 Å². The monoisotopic (exact) mass is 286 g/mol. The van der Waals surface area contributed by atoms with E-state index in [1.165, 1.54) is 0 Å². The van der Waals surface area contributed by atoms with Gasteiger partial charge in [-0.15, -0.1) is 0 Å². The highest BCUT2D eigenvalue weighted by Crippen LogP contribution is 2.20. The van der Waals surface area contributed by atoms with Gasteiger partial charge in [0, 0.05) is 11.9 Å². The van der Waals surface area contributed by atoms with Crippen LogP contribution in [0, 0.1) is 6.92 Å². The summed E-state index contributed by atoms with van der Waals surface area (Å²) >= 11 is 0. The predicted octanol–water partition coefficient (Wildman–Crippen LogP) is 2.68. The number of ether oxygens (including phenoxy) is 1. The molecule has 0 aliphatic heterocycles. The molecule has 2 rings (SSSR count). The first-order valence-corrected chi connectivity index (χ1v) is 6.80. The van der Waals surface area contributed by atoms with Gasteiger partial charge in [0.2, 0.25) is 5.91 Å². The third kappa shape index (κ3) is 3.72. The molecule has 0 unspecified atom stereocenters. The van der Waals surface area contributed by atoms with E-state index in [2.05, 4.69) is 10.3 Å². The van der Waals surface area contributed by atoms with Crippen LogP contribution in [0.4, 0.5) is 5.69 Å². The second-order valence-electron chi connectivity index (χ2n) is 4.63. The van der Waals surface area contributed by atoms with Crippen LogP contribution in [0.25, 0.3) is 0 Å². The van der Waals surface area contributed by atoms with E-state index in [9.17, 15) is 9.59 Å². The van der Waals surface area contributed by atoms with E-state index in [1.807, 2.05) is 30.3 Å². The minimum atomic E-state index is -0.439. The lowest BCUT2D eigenvalue weighted by Gasteiger charge is -2.07. The lowest BCUT2D eigenvalue weighted by molar-refractivity contribution is -0.115. The lowest BCUT2D eigenvalue weighted by Crippen LogP contribution is -2.17. The summed E-state index contributed by atoms with van der Waals surface area (Å²) in [6.07, 6.45) is 1.86. The molecule has 1 heterocycles. The lowest BCUT2D eigenvalue weighted by atomic mass is 10.1. The van der Waals surface area contributed by atoms with E-state index in [4.69, 9.17) is 4.74 Å². The summed E-state index contributed by atoms with van der Waals surface area (Å²) < 4.78 is 5.00. The topological polar surface area (TPSA) is 71.2 Å². The van der Waals surface area contributed by atoms with Crippen LogP contribution in [0.3, 0.4) is 0 Å². The Balaban J connectivity index is 2.09. The average Bonchev–Trinajstić information content (AvgIpc) is 2.81. The third-order valence-corrected chi connectivity index (χ3v) is 3.04. The molecule has 0 bridgehead atoms. The van der Waals surface area contributed by atoms with Gasteiger partial charge < -0.3 is 15.0 Å². The fourth-order valence-electron chi connectivity index (χ4n) is 2.07. The molecule has 21 heavy (non-hydrogen) atoms. The van der Waals surface area contributed by atoms with Crippen LogP contribution in [0.15, 0.2) is 36.5 Å². The molecule has 110 valence electrons. The molecule has 2 N–H and O–H groups in total. The van der Waals surface area contributed by atoms with Crippen LogP contribution in [-0.2, 0) is 16.0 Å². The first kappa shape index (κ1) is 14.8. The Morgan fingerprint density at radius 1 is 1.24 bits per heavy atom. The molecule has 0 fully saturated rings. The Morgan fingerprint density at radius 2 is 1.95 bits per heavy atom. The first-order valence-electron chi connectivity index (χ1n) is 6.80. The number of nitrogens with one attached hydrogen (secondary N) is 2. The molecule has 0 radical (unpaired) electrons. The smallest absolute Gasteiger partial charge is 0.342 e. The molecule has 1 aromatic carbocycles. The van der Waals surface area contributed by atoms with Gasteiger partial charge in [-0.25, -0.2) is 4.79 Å². The van der Waals surface area contributed by atoms with Crippen molar-refractivity contribution in [2.75, 3.05) is 11.9 Å². The average molecular weight is 286 g/mol. The number of carbonyl (C=O) groups excluding carboxylic acids is 2. The number of benzene rings is 1. The maximum absolute atomic E-state index is 12.0. The number of aryl methyl sites for hydroxylation is 1. The molecule has 0 saturated carbocycles. The molecule has 2 aromatic rings. The van der Waals surface area contributed by atoms with Crippen molar-refractivity contribution >= 4 is 17.6 Å². The van der Waals surface area contributed by atoms with Crippen LogP contribution < -0.4 is 5.32 Å². The predicted molar refractivity (Wildman–Crippen MR) is 80.3 cm³/mol. The molecule has 1 amide bonds. The van der Waals surface area contributed by atoms with Gasteiger partial charge in [-0.2, -0.15) is 0 Å². The van der Waals surface area contributed by atoms with Crippen LogP contribution >= 0.6 is 0 Å². The van der Waals surface area contributed by atoms with Crippen LogP contribution in [0.2, 0.25) is 0 Å². The summed E-state index contributed by atoms with van der Waals surface area (Å²) in [5.41, 5.74) is 2.41. The molecule has 0 spiro atoms. The fourth-order valence-corrected chi connectivity index (χ4v) is 2.07. The van der Waals surface area contributed by atoms with Gasteiger partial charge in [0.1, 0.15) is 5.56 Å². The maximum Gasteiger partial charge on any atom is 0.342 e. The highest BCUT2D eigenvalue weighted by molar-refractivity contribution is 6.02. The molecular weight excluding hydrogens is 268 g/mol. The third-order valence-electron chi connectivity index (χ3n) is 3.04. The number of aromatic amines is 1. The van der Waals surface area contributed by atoms with Gasteiger partial charge in [0.15, 0.2) is 0 Å². The van der Waals surface area contributed by atoms with Gasteiger partial charge in [-0.3, -0.25) is 4.79 Å². The Morgan fingerprint density at radius 3 is 2.62 bits per heavy atom. The number of carbonyl (C=O) groups is 2. The normalized spacial score (nSPS) is 10.2. The maximum atomic E-state index is 12.0. The minimum Gasteiger partial charge on any atom is -0.462 e. The number of amides is 1. The van der Waals surface area contributed by atoms with Gasteiger partial charge in [-0.1, -0.05) is 30.3 Å². The molecule has 1 aromatic heterocycles. The molecule has 5 nitrogen and oxygen atoms in total. The second kappa shape index (κ2) is 6.74. The molecular formula is C16H18N2O3. The van der Waals surface area contributed by atoms with E-state index in [0.29, 0.717) is 23.6 Å². The van der Waals surface area contributed by atoms with Crippen molar-refractivity contribution < 1.29 is 14.3 Å². The van der Waals surface area contributed by atoms with E-state index >= 15 is 0 Å². The number of rotatable bonds is 5. The number of anilines is 1. The summed E-state index contributed by atoms with van der Waals surface area (Å²) in [4.78, 5) is 26.9. The van der Waals surface area contributed by atoms with Crippen molar-refractivity contribution in [2.45, 2.75) is 20.3 Å². The van der Waals surface area contributed by atoms with Crippen LogP contribution in [-0.4, -0.2) is 23.5 Å². The quantitative estimate of drug-likeness (QED) is 0.830. The fraction of sp³-hybridized carbons (Fsp3) is 0.250.